The normalized spacial score (nSPS) is 10.7. The van der Waals surface area contributed by atoms with Crippen LogP contribution >= 0.6 is 11.3 Å². The van der Waals surface area contributed by atoms with Gasteiger partial charge in [-0.15, -0.1) is 11.3 Å². The van der Waals surface area contributed by atoms with Crippen molar-refractivity contribution in [1.29, 1.82) is 0 Å². The number of nitrogens with one attached hydrogen (secondary N) is 1. The Hall–Kier alpha value is -1.98. The van der Waals surface area contributed by atoms with Crippen LogP contribution in [0, 0.1) is 0 Å². The summed E-state index contributed by atoms with van der Waals surface area (Å²) >= 11 is 1.63. The quantitative estimate of drug-likeness (QED) is 0.756. The molecule has 0 aliphatic rings. The Kier molecular flexibility index (Phi) is 2.92. The Balaban J connectivity index is 2.04. The zero-order valence-electron chi connectivity index (χ0n) is 9.63. The molecule has 0 radical (unpaired) electrons. The number of rotatable bonds is 3. The number of hydrogen-bond acceptors (Lipinski definition) is 5. The summed E-state index contributed by atoms with van der Waals surface area (Å²) in [4.78, 5) is 8.52. The summed E-state index contributed by atoms with van der Waals surface area (Å²) in [5, 5.41) is 5.35. The van der Waals surface area contributed by atoms with Gasteiger partial charge in [-0.2, -0.15) is 0 Å². The van der Waals surface area contributed by atoms with Crippen LogP contribution < -0.4 is 11.1 Å². The summed E-state index contributed by atoms with van der Waals surface area (Å²) in [6.07, 6.45) is 1.57. The molecular formula is C13H12N4S. The van der Waals surface area contributed by atoms with E-state index in [1.807, 2.05) is 35.7 Å². The number of thiophene rings is 1. The van der Waals surface area contributed by atoms with E-state index in [0.29, 0.717) is 6.54 Å². The number of hydrogen-bond donors (Lipinski definition) is 2. The zero-order valence-corrected chi connectivity index (χ0v) is 10.4. The van der Waals surface area contributed by atoms with Crippen LogP contribution in [-0.2, 0) is 6.54 Å². The molecule has 0 spiro atoms. The summed E-state index contributed by atoms with van der Waals surface area (Å²) in [6.45, 7) is 0.502. The molecule has 3 N–H and O–H groups in total. The van der Waals surface area contributed by atoms with Crippen LogP contribution in [0.4, 0.5) is 11.5 Å². The van der Waals surface area contributed by atoms with Crippen molar-refractivity contribution in [3.8, 4) is 0 Å². The molecule has 4 nitrogen and oxygen atoms in total. The first kappa shape index (κ1) is 11.1. The van der Waals surface area contributed by atoms with Gasteiger partial charge < -0.3 is 11.1 Å². The minimum absolute atomic E-state index is 0.502. The van der Waals surface area contributed by atoms with Gasteiger partial charge in [0, 0.05) is 12.2 Å². The van der Waals surface area contributed by atoms with E-state index in [1.54, 1.807) is 17.7 Å². The summed E-state index contributed by atoms with van der Waals surface area (Å²) in [7, 11) is 0. The highest BCUT2D eigenvalue weighted by Gasteiger charge is 2.06. The predicted octanol–water partition coefficient (Wildman–Crippen LogP) is 2.89. The lowest BCUT2D eigenvalue weighted by atomic mass is 10.2. The average Bonchev–Trinajstić information content (AvgIpc) is 2.89. The van der Waals surface area contributed by atoms with E-state index in [0.717, 1.165) is 27.3 Å². The Bertz CT molecular complexity index is 677. The van der Waals surface area contributed by atoms with Crippen LogP contribution in [0.1, 0.15) is 5.56 Å². The third-order valence-corrected chi connectivity index (χ3v) is 3.64. The number of fused-ring (bicyclic) bond motifs is 1. The molecule has 0 atom stereocenters. The lowest BCUT2D eigenvalue weighted by Gasteiger charge is -2.10. The molecule has 0 bridgehead atoms. The average molecular weight is 256 g/mol. The Labute approximate surface area is 109 Å². The summed E-state index contributed by atoms with van der Waals surface area (Å²) in [5.41, 5.74) is 8.75. The first-order valence-corrected chi connectivity index (χ1v) is 6.49. The highest BCUT2D eigenvalue weighted by Crippen LogP contribution is 2.28. The molecule has 90 valence electrons. The van der Waals surface area contributed by atoms with E-state index in [4.69, 9.17) is 5.73 Å². The number of para-hydroxylation sites is 1. The van der Waals surface area contributed by atoms with Crippen molar-refractivity contribution in [3.05, 3.63) is 47.6 Å². The fraction of sp³-hybridized carbons (Fsp3) is 0.0769. The maximum absolute atomic E-state index is 5.73. The Morgan fingerprint density at radius 2 is 2.06 bits per heavy atom. The molecule has 0 amide bonds. The van der Waals surface area contributed by atoms with Crippen LogP contribution in [0.5, 0.6) is 0 Å². The highest BCUT2D eigenvalue weighted by atomic mass is 32.1. The van der Waals surface area contributed by atoms with Gasteiger partial charge in [-0.3, -0.25) is 0 Å². The second-order valence-corrected chi connectivity index (χ2v) is 4.76. The molecule has 0 aliphatic heterocycles. The smallest absolute Gasteiger partial charge is 0.151 e. The van der Waals surface area contributed by atoms with Gasteiger partial charge in [-0.1, -0.05) is 18.2 Å². The largest absolute Gasteiger partial charge is 0.339 e. The van der Waals surface area contributed by atoms with Gasteiger partial charge in [0.2, 0.25) is 0 Å². The van der Waals surface area contributed by atoms with Gasteiger partial charge in [-0.25, -0.2) is 9.97 Å². The molecular weight excluding hydrogens is 244 g/mol. The summed E-state index contributed by atoms with van der Waals surface area (Å²) < 4.78 is 1.06. The molecule has 2 heterocycles. The van der Waals surface area contributed by atoms with E-state index < -0.39 is 0 Å². The van der Waals surface area contributed by atoms with Crippen LogP contribution in [-0.4, -0.2) is 9.97 Å². The standard InChI is InChI=1S/C13H12N4S/c14-7-9-3-1-2-4-10(9)17-13-12-11(5-6-18-12)15-8-16-13/h1-6,8H,7,14H2,(H,15,16,17). The maximum Gasteiger partial charge on any atom is 0.151 e. The number of anilines is 2. The van der Waals surface area contributed by atoms with E-state index in [2.05, 4.69) is 15.3 Å². The van der Waals surface area contributed by atoms with Crippen molar-refractivity contribution in [1.82, 2.24) is 9.97 Å². The van der Waals surface area contributed by atoms with Crippen molar-refractivity contribution in [2.75, 3.05) is 5.32 Å². The highest BCUT2D eigenvalue weighted by molar-refractivity contribution is 7.17. The Morgan fingerprint density at radius 1 is 1.17 bits per heavy atom. The lowest BCUT2D eigenvalue weighted by Crippen LogP contribution is -2.02. The third kappa shape index (κ3) is 1.94. The first-order valence-electron chi connectivity index (χ1n) is 5.61. The van der Waals surface area contributed by atoms with Crippen molar-refractivity contribution in [2.24, 2.45) is 5.73 Å². The second kappa shape index (κ2) is 4.72. The first-order chi connectivity index (χ1) is 8.88. The maximum atomic E-state index is 5.73. The van der Waals surface area contributed by atoms with Crippen LogP contribution in [0.2, 0.25) is 0 Å². The molecule has 0 aliphatic carbocycles. The van der Waals surface area contributed by atoms with Crippen molar-refractivity contribution < 1.29 is 0 Å². The molecule has 18 heavy (non-hydrogen) atoms. The fourth-order valence-electron chi connectivity index (χ4n) is 1.83. The molecule has 0 unspecified atom stereocenters. The van der Waals surface area contributed by atoms with Gasteiger partial charge in [0.1, 0.15) is 6.33 Å². The van der Waals surface area contributed by atoms with E-state index in [9.17, 15) is 0 Å². The topological polar surface area (TPSA) is 63.8 Å². The summed E-state index contributed by atoms with van der Waals surface area (Å²) in [5.74, 6) is 0.830. The third-order valence-electron chi connectivity index (χ3n) is 2.73. The van der Waals surface area contributed by atoms with Gasteiger partial charge in [-0.05, 0) is 23.1 Å². The molecule has 1 aromatic carbocycles. The minimum Gasteiger partial charge on any atom is -0.339 e. The van der Waals surface area contributed by atoms with E-state index in [1.165, 1.54) is 0 Å². The Morgan fingerprint density at radius 3 is 2.94 bits per heavy atom. The minimum atomic E-state index is 0.502. The number of nitrogens with zero attached hydrogens (tertiary/aromatic N) is 2. The molecule has 0 saturated heterocycles. The second-order valence-electron chi connectivity index (χ2n) is 3.84. The SMILES string of the molecule is NCc1ccccc1Nc1ncnc2ccsc12. The van der Waals surface area contributed by atoms with Gasteiger partial charge in [0.25, 0.3) is 0 Å². The van der Waals surface area contributed by atoms with Gasteiger partial charge >= 0.3 is 0 Å². The zero-order chi connectivity index (χ0) is 12.4. The van der Waals surface area contributed by atoms with Crippen LogP contribution in [0.15, 0.2) is 42.0 Å². The van der Waals surface area contributed by atoms with Gasteiger partial charge in [0.05, 0.1) is 10.2 Å². The van der Waals surface area contributed by atoms with Crippen molar-refractivity contribution in [2.45, 2.75) is 6.54 Å². The molecule has 3 rings (SSSR count). The molecule has 3 aromatic rings. The monoisotopic (exact) mass is 256 g/mol. The molecule has 0 fully saturated rings. The summed E-state index contributed by atoms with van der Waals surface area (Å²) in [6, 6.07) is 9.96. The van der Waals surface area contributed by atoms with Crippen molar-refractivity contribution in [3.63, 3.8) is 0 Å². The molecule has 2 aromatic heterocycles. The predicted molar refractivity (Wildman–Crippen MR) is 75.0 cm³/mol. The van der Waals surface area contributed by atoms with E-state index in [-0.39, 0.29) is 0 Å². The fourth-order valence-corrected chi connectivity index (χ4v) is 2.62. The van der Waals surface area contributed by atoms with E-state index >= 15 is 0 Å². The van der Waals surface area contributed by atoms with Gasteiger partial charge in [0.15, 0.2) is 5.82 Å². The number of benzene rings is 1. The molecule has 0 saturated carbocycles. The molecule has 5 heteroatoms. The number of nitrogens with two attached hydrogens (primary N) is 1. The van der Waals surface area contributed by atoms with Crippen molar-refractivity contribution >= 4 is 33.1 Å². The van der Waals surface area contributed by atoms with Crippen LogP contribution in [0.3, 0.4) is 0 Å². The lowest BCUT2D eigenvalue weighted by molar-refractivity contribution is 1.07. The van der Waals surface area contributed by atoms with Crippen LogP contribution in [0.25, 0.3) is 10.2 Å². The number of aromatic nitrogens is 2.